The lowest BCUT2D eigenvalue weighted by atomic mass is 10.2. The number of nitrogens with one attached hydrogen (secondary N) is 1. The smallest absolute Gasteiger partial charge is 0.416 e. The van der Waals surface area contributed by atoms with Gasteiger partial charge in [-0.3, -0.25) is 14.9 Å². The third-order valence-corrected chi connectivity index (χ3v) is 6.25. The summed E-state index contributed by atoms with van der Waals surface area (Å²) in [7, 11) is 0. The summed E-state index contributed by atoms with van der Waals surface area (Å²) in [6, 6.07) is 21.0. The molecule has 0 aliphatic rings. The number of amides is 1. The van der Waals surface area contributed by atoms with Crippen LogP contribution in [0.4, 0.5) is 39.0 Å². The lowest BCUT2D eigenvalue weighted by Gasteiger charge is -2.12. The quantitative estimate of drug-likeness (QED) is 0.0772. The van der Waals surface area contributed by atoms with Gasteiger partial charge >= 0.3 is 6.18 Å². The van der Waals surface area contributed by atoms with E-state index in [1.165, 1.54) is 36.5 Å². The van der Waals surface area contributed by atoms with E-state index in [4.69, 9.17) is 26.8 Å². The highest BCUT2D eigenvalue weighted by molar-refractivity contribution is 6.35. The van der Waals surface area contributed by atoms with Crippen LogP contribution in [0.15, 0.2) is 103 Å². The van der Waals surface area contributed by atoms with Crippen molar-refractivity contribution < 1.29 is 41.1 Å². The monoisotopic (exact) mass is 658 g/mol. The fraction of sp³-hybridized carbons (Fsp3) is 0.0323. The summed E-state index contributed by atoms with van der Waals surface area (Å²) in [5, 5.41) is 12.9. The molecule has 5 aromatic rings. The maximum atomic E-state index is 13.7. The van der Waals surface area contributed by atoms with Crippen molar-refractivity contribution in [3.05, 3.63) is 141 Å². The number of halogens is 6. The van der Waals surface area contributed by atoms with Gasteiger partial charge in [-0.05, 0) is 60.7 Å². The number of nitrogen functional groups attached to an aromatic ring is 1. The third kappa shape index (κ3) is 8.45. The lowest BCUT2D eigenvalue weighted by Crippen LogP contribution is -2.14. The summed E-state index contributed by atoms with van der Waals surface area (Å²) >= 11 is 5.94. The first kappa shape index (κ1) is 33.1. The van der Waals surface area contributed by atoms with Crippen LogP contribution >= 0.6 is 11.6 Å². The molecule has 1 amide bonds. The van der Waals surface area contributed by atoms with Crippen LogP contribution in [-0.4, -0.2) is 15.8 Å². The molecule has 3 N–H and O–H groups in total. The van der Waals surface area contributed by atoms with Gasteiger partial charge in [0, 0.05) is 18.3 Å². The highest BCUT2D eigenvalue weighted by atomic mass is 35.5. The molecule has 46 heavy (non-hydrogen) atoms. The number of alkyl halides is 3. The van der Waals surface area contributed by atoms with E-state index in [1.807, 2.05) is 6.07 Å². The molecule has 0 unspecified atom stereocenters. The molecule has 0 aliphatic heterocycles. The number of aromatic nitrogens is 1. The summed E-state index contributed by atoms with van der Waals surface area (Å²) < 4.78 is 76.0. The van der Waals surface area contributed by atoms with E-state index in [-0.39, 0.29) is 45.0 Å². The van der Waals surface area contributed by atoms with Crippen molar-refractivity contribution in [1.29, 1.82) is 0 Å². The molecule has 0 saturated carbocycles. The van der Waals surface area contributed by atoms with Crippen LogP contribution in [0.1, 0.15) is 15.9 Å². The lowest BCUT2D eigenvalue weighted by molar-refractivity contribution is -0.383. The van der Waals surface area contributed by atoms with Crippen molar-refractivity contribution >= 4 is 34.6 Å². The molecular weight excluding hydrogens is 639 g/mol. The van der Waals surface area contributed by atoms with Gasteiger partial charge in [0.1, 0.15) is 45.2 Å². The standard InChI is InChI=1S/C19H11F5N2O2.C12H9ClN2O3/c20-12-6-7-16(15(21)10-12)26-17(27)14-5-2-8-25-18(14)28-13-4-1-3-11(9-13)19(22,23)24;13-11-10(18-8-4-2-1-3-5-8)7-6-9(12(11)14)15(16)17/h1-10H,(H,26,27);1-7H,14H2. The van der Waals surface area contributed by atoms with E-state index in [0.717, 1.165) is 30.3 Å². The van der Waals surface area contributed by atoms with Crippen LogP contribution in [0.5, 0.6) is 23.1 Å². The van der Waals surface area contributed by atoms with Crippen LogP contribution in [0.2, 0.25) is 5.02 Å². The van der Waals surface area contributed by atoms with Gasteiger partial charge in [-0.25, -0.2) is 13.8 Å². The number of nitrogens with two attached hydrogens (primary N) is 1. The predicted molar refractivity (Wildman–Crippen MR) is 159 cm³/mol. The average Bonchev–Trinajstić information content (AvgIpc) is 3.01. The number of nitro groups is 1. The number of ether oxygens (including phenoxy) is 2. The molecule has 5 rings (SSSR count). The summed E-state index contributed by atoms with van der Waals surface area (Å²) in [6.45, 7) is 0. The zero-order valence-electron chi connectivity index (χ0n) is 23.1. The molecule has 1 aromatic heterocycles. The Morgan fingerprint density at radius 1 is 0.891 bits per heavy atom. The highest BCUT2D eigenvalue weighted by Crippen LogP contribution is 2.39. The van der Waals surface area contributed by atoms with Gasteiger partial charge in [-0.1, -0.05) is 35.9 Å². The maximum Gasteiger partial charge on any atom is 0.416 e. The van der Waals surface area contributed by atoms with Crippen LogP contribution in [0.3, 0.4) is 0 Å². The second-order valence-corrected chi connectivity index (χ2v) is 9.42. The van der Waals surface area contributed by atoms with Crippen LogP contribution in [-0.2, 0) is 6.18 Å². The number of para-hydroxylation sites is 1. The van der Waals surface area contributed by atoms with Crippen molar-refractivity contribution in [1.82, 2.24) is 4.98 Å². The van der Waals surface area contributed by atoms with Gasteiger partial charge in [0.2, 0.25) is 5.88 Å². The molecule has 9 nitrogen and oxygen atoms in total. The van der Waals surface area contributed by atoms with Crippen molar-refractivity contribution in [3.8, 4) is 23.1 Å². The van der Waals surface area contributed by atoms with E-state index in [1.54, 1.807) is 24.3 Å². The summed E-state index contributed by atoms with van der Waals surface area (Å²) in [6.07, 6.45) is -3.29. The molecule has 0 saturated heterocycles. The Labute approximate surface area is 262 Å². The fourth-order valence-electron chi connectivity index (χ4n) is 3.69. The average molecular weight is 659 g/mol. The van der Waals surface area contributed by atoms with Crippen LogP contribution < -0.4 is 20.5 Å². The molecule has 0 radical (unpaired) electrons. The van der Waals surface area contributed by atoms with E-state index in [0.29, 0.717) is 11.8 Å². The summed E-state index contributed by atoms with van der Waals surface area (Å²) in [4.78, 5) is 26.3. The van der Waals surface area contributed by atoms with Crippen LogP contribution in [0, 0.1) is 21.7 Å². The number of carbonyl (C=O) groups is 1. The number of hydrogen-bond acceptors (Lipinski definition) is 7. The largest absolute Gasteiger partial charge is 0.456 e. The molecule has 15 heteroatoms. The summed E-state index contributed by atoms with van der Waals surface area (Å²) in [5.74, 6) is -2.24. The SMILES string of the molecule is Nc1c([N+](=O)[O-])ccc(Oc2ccccc2)c1Cl.O=C(Nc1ccc(F)cc1F)c1cccnc1Oc1cccc(C(F)(F)F)c1. The molecule has 4 aromatic carbocycles. The highest BCUT2D eigenvalue weighted by Gasteiger charge is 2.31. The first-order valence-electron chi connectivity index (χ1n) is 12.8. The Balaban J connectivity index is 0.000000230. The number of carbonyl (C=O) groups excluding carboxylic acids is 1. The van der Waals surface area contributed by atoms with Crippen molar-refractivity contribution in [2.45, 2.75) is 6.18 Å². The van der Waals surface area contributed by atoms with Crippen LogP contribution in [0.25, 0.3) is 0 Å². The van der Waals surface area contributed by atoms with E-state index in [2.05, 4.69) is 10.3 Å². The number of benzene rings is 4. The van der Waals surface area contributed by atoms with E-state index < -0.39 is 34.2 Å². The Kier molecular flexibility index (Phi) is 10.3. The number of pyridine rings is 1. The van der Waals surface area contributed by atoms with E-state index in [9.17, 15) is 36.9 Å². The van der Waals surface area contributed by atoms with E-state index >= 15 is 0 Å². The van der Waals surface area contributed by atoms with Gasteiger partial charge in [0.25, 0.3) is 11.6 Å². The third-order valence-electron chi connectivity index (χ3n) is 5.86. The zero-order valence-corrected chi connectivity index (χ0v) is 23.9. The molecule has 0 atom stereocenters. The normalized spacial score (nSPS) is 10.7. The van der Waals surface area contributed by atoms with Gasteiger partial charge in [-0.2, -0.15) is 13.2 Å². The number of nitro benzene ring substituents is 1. The first-order valence-corrected chi connectivity index (χ1v) is 13.2. The van der Waals surface area contributed by atoms with Gasteiger partial charge in [0.15, 0.2) is 0 Å². The minimum absolute atomic E-state index is 0.0352. The summed E-state index contributed by atoms with van der Waals surface area (Å²) in [5.41, 5.74) is 3.89. The second-order valence-electron chi connectivity index (χ2n) is 9.04. The molecule has 0 fully saturated rings. The molecular formula is C31H20ClF5N4O5. The molecule has 0 bridgehead atoms. The van der Waals surface area contributed by atoms with Gasteiger partial charge in [0.05, 0.1) is 16.2 Å². The minimum atomic E-state index is -4.57. The molecule has 0 aliphatic carbocycles. The molecule has 0 spiro atoms. The van der Waals surface area contributed by atoms with Gasteiger partial charge in [-0.15, -0.1) is 0 Å². The topological polar surface area (TPSA) is 130 Å². The minimum Gasteiger partial charge on any atom is -0.456 e. The fourth-order valence-corrected chi connectivity index (χ4v) is 3.89. The second kappa shape index (κ2) is 14.3. The molecule has 1 heterocycles. The Hall–Kier alpha value is -5.76. The van der Waals surface area contributed by atoms with Crippen molar-refractivity contribution in [3.63, 3.8) is 0 Å². The Morgan fingerprint density at radius 2 is 1.61 bits per heavy atom. The number of anilines is 2. The predicted octanol–water partition coefficient (Wildman–Crippen LogP) is 9.05. The first-order chi connectivity index (χ1) is 21.8. The maximum absolute atomic E-state index is 13.7. The Morgan fingerprint density at radius 3 is 2.28 bits per heavy atom. The molecule has 236 valence electrons. The van der Waals surface area contributed by atoms with Crippen molar-refractivity contribution in [2.75, 3.05) is 11.1 Å². The zero-order chi connectivity index (χ0) is 33.4. The number of rotatable bonds is 7. The number of nitrogens with zero attached hydrogens (tertiary/aromatic N) is 2. The Bertz CT molecular complexity index is 1880. The number of hydrogen-bond donors (Lipinski definition) is 2. The van der Waals surface area contributed by atoms with Crippen molar-refractivity contribution in [2.24, 2.45) is 0 Å². The van der Waals surface area contributed by atoms with Gasteiger partial charge < -0.3 is 20.5 Å².